The van der Waals surface area contributed by atoms with E-state index in [9.17, 15) is 4.79 Å². The van der Waals surface area contributed by atoms with E-state index in [1.165, 1.54) is 5.56 Å². The number of allylic oxidation sites excluding steroid dienone is 1. The maximum absolute atomic E-state index is 13.3. The predicted octanol–water partition coefficient (Wildman–Crippen LogP) is 5.57. The number of ketones is 1. The Morgan fingerprint density at radius 3 is 2.39 bits per heavy atom. The van der Waals surface area contributed by atoms with Gasteiger partial charge in [0.1, 0.15) is 17.6 Å². The van der Waals surface area contributed by atoms with E-state index >= 15 is 0 Å². The minimum Gasteiger partial charge on any atom is -0.464 e. The van der Waals surface area contributed by atoms with Crippen molar-refractivity contribution in [1.82, 2.24) is 0 Å². The Morgan fingerprint density at radius 1 is 0.893 bits per heavy atom. The average molecular weight is 370 g/mol. The molecule has 1 aromatic heterocycles. The van der Waals surface area contributed by atoms with Crippen LogP contribution >= 0.6 is 0 Å². The first-order valence-corrected chi connectivity index (χ1v) is 9.69. The van der Waals surface area contributed by atoms with E-state index in [1.54, 1.807) is 0 Å². The molecule has 28 heavy (non-hydrogen) atoms. The molecule has 0 radical (unpaired) electrons. The lowest BCUT2D eigenvalue weighted by atomic mass is 9.79. The van der Waals surface area contributed by atoms with Crippen LogP contribution in [0.2, 0.25) is 0 Å². The first-order valence-electron chi connectivity index (χ1n) is 9.69. The second-order valence-corrected chi connectivity index (χ2v) is 7.53. The Labute approximate surface area is 164 Å². The summed E-state index contributed by atoms with van der Waals surface area (Å²) < 4.78 is 5.93. The first-order chi connectivity index (χ1) is 13.7. The van der Waals surface area contributed by atoms with Crippen molar-refractivity contribution >= 4 is 17.2 Å². The quantitative estimate of drug-likeness (QED) is 0.619. The van der Waals surface area contributed by atoms with Gasteiger partial charge in [0.2, 0.25) is 0 Å². The molecule has 1 aliphatic carbocycles. The van der Waals surface area contributed by atoms with Gasteiger partial charge >= 0.3 is 0 Å². The van der Waals surface area contributed by atoms with Crippen LogP contribution in [0.1, 0.15) is 41.9 Å². The maximum Gasteiger partial charge on any atom is 0.163 e. The highest BCUT2D eigenvalue weighted by Gasteiger charge is 2.37. The highest BCUT2D eigenvalue weighted by molar-refractivity contribution is 6.01. The normalized spacial score (nSPS) is 21.2. The fraction of sp³-hybridized carbons (Fsp3) is 0.208. The number of anilines is 2. The van der Waals surface area contributed by atoms with Gasteiger partial charge in [-0.15, -0.1) is 0 Å². The highest BCUT2D eigenvalue weighted by atomic mass is 16.3. The number of nitrogens with one attached hydrogen (secondary N) is 2. The number of fused-ring (bicyclic) bond motifs is 1. The lowest BCUT2D eigenvalue weighted by molar-refractivity contribution is -0.116. The van der Waals surface area contributed by atoms with Crippen molar-refractivity contribution in [2.24, 2.45) is 0 Å². The largest absolute Gasteiger partial charge is 0.464 e. The van der Waals surface area contributed by atoms with Crippen LogP contribution in [0.25, 0.3) is 0 Å². The molecule has 2 N–H and O–H groups in total. The minimum atomic E-state index is -0.288. The Morgan fingerprint density at radius 2 is 1.64 bits per heavy atom. The van der Waals surface area contributed by atoms with Gasteiger partial charge in [-0.2, -0.15) is 0 Å². The number of hydrogen-bond acceptors (Lipinski definition) is 4. The minimum absolute atomic E-state index is 0.168. The average Bonchev–Trinajstić information content (AvgIpc) is 3.06. The molecule has 1 aliphatic heterocycles. The van der Waals surface area contributed by atoms with Crippen molar-refractivity contribution in [1.29, 1.82) is 0 Å². The molecule has 2 aromatic carbocycles. The number of carbonyl (C=O) groups excluding carboxylic acids is 1. The molecule has 0 unspecified atom stereocenters. The van der Waals surface area contributed by atoms with Crippen LogP contribution in [-0.2, 0) is 4.79 Å². The Bertz CT molecular complexity index is 1060. The fourth-order valence-corrected chi connectivity index (χ4v) is 4.28. The van der Waals surface area contributed by atoms with Crippen molar-refractivity contribution in [2.75, 3.05) is 10.6 Å². The van der Waals surface area contributed by atoms with E-state index < -0.39 is 0 Å². The van der Waals surface area contributed by atoms with Gasteiger partial charge in [-0.05, 0) is 49.1 Å². The maximum atomic E-state index is 13.3. The topological polar surface area (TPSA) is 54.3 Å². The molecule has 0 bridgehead atoms. The summed E-state index contributed by atoms with van der Waals surface area (Å²) in [5.41, 5.74) is 4.95. The monoisotopic (exact) mass is 370 g/mol. The number of hydrogen-bond donors (Lipinski definition) is 2. The van der Waals surface area contributed by atoms with Gasteiger partial charge in [-0.1, -0.05) is 42.5 Å². The summed E-state index contributed by atoms with van der Waals surface area (Å²) in [7, 11) is 0. The molecular formula is C24H22N2O2. The van der Waals surface area contributed by atoms with Gasteiger partial charge < -0.3 is 15.1 Å². The van der Waals surface area contributed by atoms with Crippen LogP contribution in [-0.4, -0.2) is 5.78 Å². The molecule has 0 saturated heterocycles. The number of aryl methyl sites for hydroxylation is 1. The third-order valence-electron chi connectivity index (χ3n) is 5.63. The Kier molecular flexibility index (Phi) is 4.05. The SMILES string of the molecule is Cc1ccc([C@@H]2Nc3ccccc3NC3=C2C(=O)C[C@H](c2ccccc2)C3)o1. The molecule has 3 aromatic rings. The number of para-hydroxylation sites is 2. The van der Waals surface area contributed by atoms with E-state index in [4.69, 9.17) is 4.42 Å². The predicted molar refractivity (Wildman–Crippen MR) is 110 cm³/mol. The van der Waals surface area contributed by atoms with Gasteiger partial charge in [0, 0.05) is 17.7 Å². The second kappa shape index (κ2) is 6.71. The van der Waals surface area contributed by atoms with Crippen molar-refractivity contribution in [3.63, 3.8) is 0 Å². The molecule has 140 valence electrons. The van der Waals surface area contributed by atoms with Gasteiger partial charge in [0.25, 0.3) is 0 Å². The number of Topliss-reactive ketones (excluding diaryl/α,β-unsaturated/α-hetero) is 1. The molecule has 0 spiro atoms. The van der Waals surface area contributed by atoms with E-state index in [0.29, 0.717) is 6.42 Å². The Balaban J connectivity index is 1.61. The van der Waals surface area contributed by atoms with Crippen LogP contribution in [0, 0.1) is 6.92 Å². The number of benzene rings is 2. The summed E-state index contributed by atoms with van der Waals surface area (Å²) >= 11 is 0. The molecule has 0 amide bonds. The fourth-order valence-electron chi connectivity index (χ4n) is 4.28. The first kappa shape index (κ1) is 16.9. The number of furan rings is 1. The van der Waals surface area contributed by atoms with Gasteiger partial charge in [0.15, 0.2) is 5.78 Å². The van der Waals surface area contributed by atoms with Gasteiger partial charge in [-0.25, -0.2) is 0 Å². The standard InChI is InChI=1S/C24H22N2O2/c1-15-11-12-22(28-15)24-23-20(25-18-9-5-6-10-19(18)26-24)13-17(14-21(23)27)16-7-3-2-4-8-16/h2-12,17,24-26H,13-14H2,1H3/t17-,24+/m1/s1. The molecular weight excluding hydrogens is 348 g/mol. The van der Waals surface area contributed by atoms with Crippen LogP contribution < -0.4 is 10.6 Å². The lowest BCUT2D eigenvalue weighted by Gasteiger charge is -2.29. The molecule has 5 rings (SSSR count). The zero-order valence-electron chi connectivity index (χ0n) is 15.7. The second-order valence-electron chi connectivity index (χ2n) is 7.53. The molecule has 4 nitrogen and oxygen atoms in total. The third kappa shape index (κ3) is 2.91. The molecule has 2 heterocycles. The van der Waals surface area contributed by atoms with Gasteiger partial charge in [0.05, 0.1) is 11.4 Å². The van der Waals surface area contributed by atoms with Crippen molar-refractivity contribution in [3.8, 4) is 0 Å². The Hall–Kier alpha value is -3.27. The molecule has 2 atom stereocenters. The number of rotatable bonds is 2. The molecule has 0 fully saturated rings. The molecule has 0 saturated carbocycles. The van der Waals surface area contributed by atoms with Crippen LogP contribution in [0.3, 0.4) is 0 Å². The van der Waals surface area contributed by atoms with Crippen LogP contribution in [0.5, 0.6) is 0 Å². The van der Waals surface area contributed by atoms with Gasteiger partial charge in [-0.3, -0.25) is 4.79 Å². The lowest BCUT2D eigenvalue weighted by Crippen LogP contribution is -2.26. The van der Waals surface area contributed by atoms with E-state index in [0.717, 1.165) is 40.6 Å². The summed E-state index contributed by atoms with van der Waals surface area (Å²) in [4.78, 5) is 13.3. The van der Waals surface area contributed by atoms with E-state index in [2.05, 4.69) is 22.8 Å². The summed E-state index contributed by atoms with van der Waals surface area (Å²) in [6, 6.07) is 22.0. The van der Waals surface area contributed by atoms with E-state index in [-0.39, 0.29) is 17.7 Å². The van der Waals surface area contributed by atoms with Crippen LogP contribution in [0.4, 0.5) is 11.4 Å². The smallest absolute Gasteiger partial charge is 0.163 e. The number of carbonyl (C=O) groups is 1. The van der Waals surface area contributed by atoms with Crippen molar-refractivity contribution in [3.05, 3.63) is 95.1 Å². The van der Waals surface area contributed by atoms with Crippen molar-refractivity contribution < 1.29 is 9.21 Å². The summed E-state index contributed by atoms with van der Waals surface area (Å²) in [6.07, 6.45) is 1.32. The summed E-state index contributed by atoms with van der Waals surface area (Å²) in [5, 5.41) is 7.09. The summed E-state index contributed by atoms with van der Waals surface area (Å²) in [6.45, 7) is 1.93. The summed E-state index contributed by atoms with van der Waals surface area (Å²) in [5.74, 6) is 1.97. The zero-order valence-corrected chi connectivity index (χ0v) is 15.7. The molecule has 2 aliphatic rings. The van der Waals surface area contributed by atoms with Crippen LogP contribution in [0.15, 0.2) is 82.4 Å². The van der Waals surface area contributed by atoms with E-state index in [1.807, 2.05) is 61.5 Å². The third-order valence-corrected chi connectivity index (χ3v) is 5.63. The highest BCUT2D eigenvalue weighted by Crippen LogP contribution is 2.44. The molecule has 4 heteroatoms. The zero-order chi connectivity index (χ0) is 19.1. The van der Waals surface area contributed by atoms with Crippen molar-refractivity contribution in [2.45, 2.75) is 31.7 Å².